The fourth-order valence-electron chi connectivity index (χ4n) is 1.14. The van der Waals surface area contributed by atoms with E-state index in [4.69, 9.17) is 10.7 Å². The van der Waals surface area contributed by atoms with Gasteiger partial charge in [-0.25, -0.2) is 8.42 Å². The minimum Gasteiger partial charge on any atom is -0.265 e. The van der Waals surface area contributed by atoms with Crippen molar-refractivity contribution in [3.8, 4) is 0 Å². The zero-order valence-electron chi connectivity index (χ0n) is 9.25. The van der Waals surface area contributed by atoms with E-state index in [0.29, 0.717) is 5.56 Å². The van der Waals surface area contributed by atoms with E-state index in [-0.39, 0.29) is 4.90 Å². The maximum atomic E-state index is 10.8. The van der Waals surface area contributed by atoms with Gasteiger partial charge in [-0.3, -0.25) is 4.98 Å². The maximum absolute atomic E-state index is 10.8. The van der Waals surface area contributed by atoms with E-state index in [0.717, 1.165) is 0 Å². The predicted molar refractivity (Wildman–Crippen MR) is 68.5 cm³/mol. The summed E-state index contributed by atoms with van der Waals surface area (Å²) in [7, 11) is 1.57. The van der Waals surface area contributed by atoms with Gasteiger partial charge in [0.25, 0.3) is 9.05 Å². The van der Waals surface area contributed by atoms with Gasteiger partial charge in [-0.2, -0.15) is 0 Å². The third-order valence-corrected chi connectivity index (χ3v) is 3.40. The minimum atomic E-state index is -3.56. The Morgan fingerprint density at radius 2 is 1.59 bits per heavy atom. The monoisotopic (exact) mass is 269 g/mol. The molecule has 0 aliphatic heterocycles. The fraction of sp³-hybridized carbons (Fsp3) is 0.0833. The van der Waals surface area contributed by atoms with Crippen LogP contribution >= 0.6 is 10.7 Å². The van der Waals surface area contributed by atoms with Crippen molar-refractivity contribution in [1.29, 1.82) is 0 Å². The van der Waals surface area contributed by atoms with Gasteiger partial charge in [0, 0.05) is 23.1 Å². The maximum Gasteiger partial charge on any atom is 0.261 e. The third kappa shape index (κ3) is 4.97. The van der Waals surface area contributed by atoms with E-state index in [1.54, 1.807) is 37.5 Å². The summed E-state index contributed by atoms with van der Waals surface area (Å²) in [6, 6.07) is 12.3. The van der Waals surface area contributed by atoms with Crippen molar-refractivity contribution < 1.29 is 8.42 Å². The van der Waals surface area contributed by atoms with Gasteiger partial charge in [-0.1, -0.05) is 24.3 Å². The molecule has 1 aromatic carbocycles. The highest BCUT2D eigenvalue weighted by molar-refractivity contribution is 8.13. The molecule has 0 spiro atoms. The van der Waals surface area contributed by atoms with E-state index in [9.17, 15) is 8.42 Å². The van der Waals surface area contributed by atoms with E-state index >= 15 is 0 Å². The molecule has 1 heterocycles. The Bertz CT molecular complexity index is 529. The fourth-order valence-corrected chi connectivity index (χ4v) is 2.36. The molecule has 0 amide bonds. The Balaban J connectivity index is 0.000000202. The van der Waals surface area contributed by atoms with Gasteiger partial charge >= 0.3 is 0 Å². The summed E-state index contributed by atoms with van der Waals surface area (Å²) < 4.78 is 21.6. The van der Waals surface area contributed by atoms with Gasteiger partial charge in [-0.15, -0.1) is 0 Å². The molecule has 0 unspecified atom stereocenters. The molecule has 0 N–H and O–H groups in total. The second-order valence-corrected chi connectivity index (χ2v) is 5.76. The molecule has 0 atom stereocenters. The number of benzene rings is 1. The molecule has 0 radical (unpaired) electrons. The van der Waals surface area contributed by atoms with Crippen LogP contribution in [0.2, 0.25) is 0 Å². The zero-order chi connectivity index (χ0) is 12.7. The van der Waals surface area contributed by atoms with Crippen LogP contribution in [0.5, 0.6) is 0 Å². The van der Waals surface area contributed by atoms with Gasteiger partial charge < -0.3 is 0 Å². The molecule has 0 saturated heterocycles. The lowest BCUT2D eigenvalue weighted by molar-refractivity contribution is 0.609. The summed E-state index contributed by atoms with van der Waals surface area (Å²) in [5.41, 5.74) is 0.669. The summed E-state index contributed by atoms with van der Waals surface area (Å²) in [6.45, 7) is 1.70. The van der Waals surface area contributed by atoms with Crippen molar-refractivity contribution in [2.45, 2.75) is 11.8 Å². The number of hydrogen-bond acceptors (Lipinski definition) is 3. The average molecular weight is 270 g/mol. The Labute approximate surface area is 106 Å². The third-order valence-electron chi connectivity index (χ3n) is 1.92. The van der Waals surface area contributed by atoms with Gasteiger partial charge in [0.2, 0.25) is 0 Å². The lowest BCUT2D eigenvalue weighted by Gasteiger charge is -1.98. The first-order chi connectivity index (χ1) is 8.02. The van der Waals surface area contributed by atoms with Crippen molar-refractivity contribution in [3.63, 3.8) is 0 Å². The minimum absolute atomic E-state index is 0.182. The lowest BCUT2D eigenvalue weighted by Crippen LogP contribution is -1.92. The average Bonchev–Trinajstić information content (AvgIpc) is 2.31. The summed E-state index contributed by atoms with van der Waals surface area (Å²) >= 11 is 0. The van der Waals surface area contributed by atoms with E-state index < -0.39 is 9.05 Å². The Hall–Kier alpha value is -1.39. The molecule has 2 rings (SSSR count). The van der Waals surface area contributed by atoms with Crippen molar-refractivity contribution >= 4 is 19.7 Å². The number of rotatable bonds is 1. The molecule has 2 aromatic rings. The number of aryl methyl sites for hydroxylation is 1. The number of aromatic nitrogens is 1. The molecule has 17 heavy (non-hydrogen) atoms. The molecule has 0 aliphatic rings. The Morgan fingerprint density at radius 3 is 1.88 bits per heavy atom. The lowest BCUT2D eigenvalue weighted by atomic mass is 10.2. The Kier molecular flexibility index (Phi) is 5.12. The summed E-state index contributed by atoms with van der Waals surface area (Å²) in [4.78, 5) is 3.97. The molecular formula is C12H12ClNO2S. The molecule has 0 saturated carbocycles. The molecule has 0 fully saturated rings. The van der Waals surface area contributed by atoms with Crippen molar-refractivity contribution in [3.05, 3.63) is 60.4 Å². The smallest absolute Gasteiger partial charge is 0.261 e. The quantitative estimate of drug-likeness (QED) is 0.748. The van der Waals surface area contributed by atoms with E-state index in [1.807, 2.05) is 18.2 Å². The van der Waals surface area contributed by atoms with Gasteiger partial charge in [0.05, 0.1) is 4.90 Å². The van der Waals surface area contributed by atoms with Crippen LogP contribution in [0, 0.1) is 6.92 Å². The number of nitrogens with zero attached hydrogens (tertiary/aromatic N) is 1. The largest absolute Gasteiger partial charge is 0.265 e. The number of hydrogen-bond donors (Lipinski definition) is 0. The standard InChI is InChI=1S/C7H7ClO2S.C5H5N/c1-6-4-2-3-5-7(6)11(8,9)10;1-2-4-6-5-3-1/h2-5H,1H3;1-5H. The van der Waals surface area contributed by atoms with E-state index in [2.05, 4.69) is 4.98 Å². The molecule has 3 nitrogen and oxygen atoms in total. The van der Waals surface area contributed by atoms with Crippen LogP contribution in [0.25, 0.3) is 0 Å². The molecule has 1 aromatic heterocycles. The first kappa shape index (κ1) is 13.7. The number of pyridine rings is 1. The van der Waals surface area contributed by atoms with Crippen LogP contribution in [0.4, 0.5) is 0 Å². The van der Waals surface area contributed by atoms with E-state index in [1.165, 1.54) is 6.07 Å². The second-order valence-electron chi connectivity index (χ2n) is 3.23. The highest BCUT2D eigenvalue weighted by atomic mass is 35.7. The van der Waals surface area contributed by atoms with Crippen LogP contribution in [0.1, 0.15) is 5.56 Å². The summed E-state index contributed by atoms with van der Waals surface area (Å²) in [5, 5.41) is 0. The highest BCUT2D eigenvalue weighted by Crippen LogP contribution is 2.17. The molecular weight excluding hydrogens is 258 g/mol. The highest BCUT2D eigenvalue weighted by Gasteiger charge is 2.10. The van der Waals surface area contributed by atoms with Crippen LogP contribution < -0.4 is 0 Å². The van der Waals surface area contributed by atoms with Crippen LogP contribution in [-0.4, -0.2) is 13.4 Å². The number of halogens is 1. The van der Waals surface area contributed by atoms with Gasteiger partial charge in [-0.05, 0) is 30.7 Å². The van der Waals surface area contributed by atoms with Gasteiger partial charge in [0.1, 0.15) is 0 Å². The second kappa shape index (κ2) is 6.37. The van der Waals surface area contributed by atoms with Crippen LogP contribution in [0.15, 0.2) is 59.8 Å². The summed E-state index contributed by atoms with van der Waals surface area (Å²) in [5.74, 6) is 0. The predicted octanol–water partition coefficient (Wildman–Crippen LogP) is 3.00. The van der Waals surface area contributed by atoms with Crippen molar-refractivity contribution in [2.24, 2.45) is 0 Å². The summed E-state index contributed by atoms with van der Waals surface area (Å²) in [6.07, 6.45) is 3.50. The van der Waals surface area contributed by atoms with Crippen LogP contribution in [0.3, 0.4) is 0 Å². The Morgan fingerprint density at radius 1 is 1.00 bits per heavy atom. The first-order valence-corrected chi connectivity index (χ1v) is 7.18. The molecule has 5 heteroatoms. The van der Waals surface area contributed by atoms with Gasteiger partial charge in [0.15, 0.2) is 0 Å². The molecule has 90 valence electrons. The first-order valence-electron chi connectivity index (χ1n) is 4.87. The molecule has 0 bridgehead atoms. The van der Waals surface area contributed by atoms with Crippen molar-refractivity contribution in [1.82, 2.24) is 4.98 Å². The zero-order valence-corrected chi connectivity index (χ0v) is 10.8. The SMILES string of the molecule is Cc1ccccc1S(=O)(=O)Cl.c1ccncc1. The topological polar surface area (TPSA) is 47.0 Å². The normalized spacial score (nSPS) is 10.2. The molecule has 0 aliphatic carbocycles. The van der Waals surface area contributed by atoms with Crippen molar-refractivity contribution in [2.75, 3.05) is 0 Å². The van der Waals surface area contributed by atoms with Crippen LogP contribution in [-0.2, 0) is 9.05 Å².